The largest absolute Gasteiger partial charge is 0.497 e. The normalized spacial score (nSPS) is 18.1. The second-order valence-corrected chi connectivity index (χ2v) is 7.34. The van der Waals surface area contributed by atoms with Crippen LogP contribution >= 0.6 is 0 Å². The predicted octanol–water partition coefficient (Wildman–Crippen LogP) is 2.78. The summed E-state index contributed by atoms with van der Waals surface area (Å²) in [6.45, 7) is 1.76. The number of rotatable bonds is 8. The van der Waals surface area contributed by atoms with Crippen molar-refractivity contribution in [1.29, 1.82) is 0 Å². The van der Waals surface area contributed by atoms with E-state index in [1.54, 1.807) is 7.11 Å². The topological polar surface area (TPSA) is 50.8 Å². The summed E-state index contributed by atoms with van der Waals surface area (Å²) >= 11 is 0. The fourth-order valence-corrected chi connectivity index (χ4v) is 3.56. The van der Waals surface area contributed by atoms with Gasteiger partial charge in [-0.3, -0.25) is 9.69 Å². The molecule has 0 spiro atoms. The fraction of sp³-hybridized carbons (Fsp3) is 0.409. The zero-order valence-corrected chi connectivity index (χ0v) is 15.7. The number of fused-ring (bicyclic) bond motifs is 1. The van der Waals surface area contributed by atoms with Gasteiger partial charge in [-0.1, -0.05) is 30.3 Å². The van der Waals surface area contributed by atoms with E-state index in [4.69, 9.17) is 9.47 Å². The van der Waals surface area contributed by atoms with E-state index >= 15 is 0 Å². The number of carbonyl (C=O) groups is 1. The van der Waals surface area contributed by atoms with Crippen molar-refractivity contribution in [2.24, 2.45) is 0 Å². The minimum absolute atomic E-state index is 0.0299. The van der Waals surface area contributed by atoms with Gasteiger partial charge in [0.2, 0.25) is 5.91 Å². The second kappa shape index (κ2) is 8.01. The maximum atomic E-state index is 12.5. The summed E-state index contributed by atoms with van der Waals surface area (Å²) in [6, 6.07) is 16.7. The third-order valence-corrected chi connectivity index (χ3v) is 5.20. The number of ether oxygens (including phenoxy) is 2. The number of nitrogens with zero attached hydrogens (tertiary/aromatic N) is 1. The van der Waals surface area contributed by atoms with Crippen molar-refractivity contribution >= 4 is 5.91 Å². The Morgan fingerprint density at radius 3 is 2.67 bits per heavy atom. The molecule has 5 heteroatoms. The Balaban J connectivity index is 1.27. The van der Waals surface area contributed by atoms with Gasteiger partial charge in [0.25, 0.3) is 0 Å². The van der Waals surface area contributed by atoms with Gasteiger partial charge in [0, 0.05) is 19.0 Å². The highest BCUT2D eigenvalue weighted by Gasteiger charge is 2.30. The van der Waals surface area contributed by atoms with E-state index in [-0.39, 0.29) is 12.0 Å². The van der Waals surface area contributed by atoms with Crippen LogP contribution in [0.5, 0.6) is 11.5 Å². The molecule has 1 unspecified atom stereocenters. The Hall–Kier alpha value is -2.53. The van der Waals surface area contributed by atoms with Crippen LogP contribution in [0.15, 0.2) is 48.5 Å². The third-order valence-electron chi connectivity index (χ3n) is 5.20. The molecule has 1 N–H and O–H groups in total. The Morgan fingerprint density at radius 1 is 1.19 bits per heavy atom. The van der Waals surface area contributed by atoms with Gasteiger partial charge in [0.15, 0.2) is 0 Å². The van der Waals surface area contributed by atoms with Crippen molar-refractivity contribution in [3.05, 3.63) is 59.7 Å². The first-order valence-corrected chi connectivity index (χ1v) is 9.59. The molecule has 0 aromatic heterocycles. The summed E-state index contributed by atoms with van der Waals surface area (Å²) in [7, 11) is 1.67. The lowest BCUT2D eigenvalue weighted by Gasteiger charge is -2.22. The molecule has 1 fully saturated rings. The van der Waals surface area contributed by atoms with Gasteiger partial charge in [-0.25, -0.2) is 0 Å². The highest BCUT2D eigenvalue weighted by molar-refractivity contribution is 5.78. The van der Waals surface area contributed by atoms with Crippen LogP contribution in [0.25, 0.3) is 0 Å². The molecule has 2 aliphatic rings. The molecule has 0 radical (unpaired) electrons. The third kappa shape index (κ3) is 4.61. The lowest BCUT2D eigenvalue weighted by atomic mass is 10.1. The van der Waals surface area contributed by atoms with Gasteiger partial charge < -0.3 is 14.8 Å². The molecule has 1 aliphatic carbocycles. The molecule has 1 heterocycles. The Labute approximate surface area is 160 Å². The molecule has 1 aliphatic heterocycles. The van der Waals surface area contributed by atoms with Crippen LogP contribution in [-0.2, 0) is 17.8 Å². The van der Waals surface area contributed by atoms with E-state index in [1.165, 1.54) is 24.0 Å². The number of hydrogen-bond donors (Lipinski definition) is 1. The quantitative estimate of drug-likeness (QED) is 0.781. The molecule has 1 amide bonds. The Morgan fingerprint density at radius 2 is 1.96 bits per heavy atom. The number of methoxy groups -OCH3 is 1. The molecular weight excluding hydrogens is 340 g/mol. The van der Waals surface area contributed by atoms with Gasteiger partial charge in [0.1, 0.15) is 17.6 Å². The van der Waals surface area contributed by atoms with Crippen LogP contribution in [0.3, 0.4) is 0 Å². The maximum absolute atomic E-state index is 12.5. The number of amides is 1. The minimum atomic E-state index is 0.0299. The van der Waals surface area contributed by atoms with Crippen molar-refractivity contribution in [3.63, 3.8) is 0 Å². The summed E-state index contributed by atoms with van der Waals surface area (Å²) in [5.74, 6) is 1.86. The lowest BCUT2D eigenvalue weighted by Crippen LogP contribution is -2.41. The van der Waals surface area contributed by atoms with Crippen molar-refractivity contribution in [2.45, 2.75) is 38.0 Å². The molecule has 4 rings (SSSR count). The molecule has 2 aromatic carbocycles. The molecular formula is C22H26N2O3. The van der Waals surface area contributed by atoms with E-state index in [0.717, 1.165) is 24.5 Å². The average molecular weight is 366 g/mol. The number of hydrogen-bond acceptors (Lipinski definition) is 4. The summed E-state index contributed by atoms with van der Waals surface area (Å²) < 4.78 is 11.1. The lowest BCUT2D eigenvalue weighted by molar-refractivity contribution is -0.122. The zero-order chi connectivity index (χ0) is 18.6. The smallest absolute Gasteiger partial charge is 0.234 e. The zero-order valence-electron chi connectivity index (χ0n) is 15.7. The molecule has 5 nitrogen and oxygen atoms in total. The number of nitrogens with one attached hydrogen (secondary N) is 1. The monoisotopic (exact) mass is 366 g/mol. The van der Waals surface area contributed by atoms with E-state index in [1.807, 2.05) is 30.3 Å². The summed E-state index contributed by atoms with van der Waals surface area (Å²) in [4.78, 5) is 14.7. The van der Waals surface area contributed by atoms with Crippen molar-refractivity contribution in [2.75, 3.05) is 20.2 Å². The predicted molar refractivity (Wildman–Crippen MR) is 104 cm³/mol. The van der Waals surface area contributed by atoms with Crippen molar-refractivity contribution in [1.82, 2.24) is 10.2 Å². The van der Waals surface area contributed by atoms with Crippen LogP contribution in [0.4, 0.5) is 0 Å². The van der Waals surface area contributed by atoms with Crippen LogP contribution in [0, 0.1) is 0 Å². The molecule has 142 valence electrons. The van der Waals surface area contributed by atoms with Gasteiger partial charge in [-0.2, -0.15) is 0 Å². The number of benzene rings is 2. The maximum Gasteiger partial charge on any atom is 0.234 e. The first kappa shape index (κ1) is 17.9. The average Bonchev–Trinajstić information content (AvgIpc) is 3.45. The first-order chi connectivity index (χ1) is 13.2. The van der Waals surface area contributed by atoms with E-state index in [2.05, 4.69) is 28.4 Å². The van der Waals surface area contributed by atoms with Gasteiger partial charge >= 0.3 is 0 Å². The molecule has 2 aromatic rings. The SMILES string of the molecule is COc1ccc(CN(CC(=O)NCC2Cc3ccccc3O2)C2CC2)cc1. The molecule has 0 saturated heterocycles. The minimum Gasteiger partial charge on any atom is -0.497 e. The fourth-order valence-electron chi connectivity index (χ4n) is 3.56. The van der Waals surface area contributed by atoms with Gasteiger partial charge in [-0.15, -0.1) is 0 Å². The van der Waals surface area contributed by atoms with Crippen LogP contribution in [-0.4, -0.2) is 43.2 Å². The number of carbonyl (C=O) groups excluding carboxylic acids is 1. The standard InChI is InChI=1S/C22H26N2O3/c1-26-19-10-6-16(7-11-19)14-24(18-8-9-18)15-22(25)23-13-20-12-17-4-2-3-5-21(17)27-20/h2-7,10-11,18,20H,8-9,12-15H2,1H3,(H,23,25). The summed E-state index contributed by atoms with van der Waals surface area (Å²) in [6.07, 6.45) is 3.23. The second-order valence-electron chi connectivity index (χ2n) is 7.34. The van der Waals surface area contributed by atoms with Crippen LogP contribution < -0.4 is 14.8 Å². The molecule has 27 heavy (non-hydrogen) atoms. The Bertz CT molecular complexity index is 761. The number of para-hydroxylation sites is 1. The van der Waals surface area contributed by atoms with E-state index in [0.29, 0.717) is 19.1 Å². The molecule has 1 saturated carbocycles. The highest BCUT2D eigenvalue weighted by atomic mass is 16.5. The molecule has 1 atom stereocenters. The van der Waals surface area contributed by atoms with Gasteiger partial charge in [0.05, 0.1) is 20.2 Å². The highest BCUT2D eigenvalue weighted by Crippen LogP contribution is 2.29. The van der Waals surface area contributed by atoms with Crippen LogP contribution in [0.2, 0.25) is 0 Å². The van der Waals surface area contributed by atoms with E-state index in [9.17, 15) is 4.79 Å². The molecule has 0 bridgehead atoms. The van der Waals surface area contributed by atoms with Crippen molar-refractivity contribution in [3.8, 4) is 11.5 Å². The van der Waals surface area contributed by atoms with Gasteiger partial charge in [-0.05, 0) is 42.2 Å². The van der Waals surface area contributed by atoms with Crippen molar-refractivity contribution < 1.29 is 14.3 Å². The summed E-state index contributed by atoms with van der Waals surface area (Å²) in [5.41, 5.74) is 2.42. The first-order valence-electron chi connectivity index (χ1n) is 9.59. The summed E-state index contributed by atoms with van der Waals surface area (Å²) in [5, 5.41) is 3.05. The van der Waals surface area contributed by atoms with E-state index < -0.39 is 0 Å². The van der Waals surface area contributed by atoms with Crippen LogP contribution in [0.1, 0.15) is 24.0 Å². The Kier molecular flexibility index (Phi) is 5.30.